The summed E-state index contributed by atoms with van der Waals surface area (Å²) in [6.45, 7) is 4.08. The molecule has 7 nitrogen and oxygen atoms in total. The largest absolute Gasteiger partial charge is 0.417 e. The van der Waals surface area contributed by atoms with Gasteiger partial charge in [0.2, 0.25) is 0 Å². The van der Waals surface area contributed by atoms with Gasteiger partial charge in [-0.05, 0) is 25.8 Å². The zero-order valence-corrected chi connectivity index (χ0v) is 15.9. The summed E-state index contributed by atoms with van der Waals surface area (Å²) in [7, 11) is 0. The maximum atomic E-state index is 13.6. The first-order chi connectivity index (χ1) is 13.8. The van der Waals surface area contributed by atoms with Crippen LogP contribution in [0.5, 0.6) is 0 Å². The molecule has 10 heteroatoms. The van der Waals surface area contributed by atoms with Crippen LogP contribution in [0.15, 0.2) is 21.2 Å². The predicted molar refractivity (Wildman–Crippen MR) is 95.3 cm³/mol. The molecule has 1 atom stereocenters. The van der Waals surface area contributed by atoms with Crippen LogP contribution in [-0.4, -0.2) is 39.2 Å². The van der Waals surface area contributed by atoms with Crippen LogP contribution in [0.4, 0.5) is 13.2 Å². The highest BCUT2D eigenvalue weighted by Gasteiger charge is 2.37. The van der Waals surface area contributed by atoms with E-state index < -0.39 is 11.7 Å². The first kappa shape index (κ1) is 19.4. The second-order valence-electron chi connectivity index (χ2n) is 7.16. The fraction of sp³-hybridized carbons (Fsp3) is 0.474. The number of likely N-dealkylation sites (tertiary alicyclic amines) is 1. The van der Waals surface area contributed by atoms with E-state index in [-0.39, 0.29) is 46.6 Å². The number of carbonyl (C=O) groups is 1. The van der Waals surface area contributed by atoms with Gasteiger partial charge in [-0.25, -0.2) is 4.98 Å². The summed E-state index contributed by atoms with van der Waals surface area (Å²) in [5.41, 5.74) is -0.367. The monoisotopic (exact) mass is 408 g/mol. The van der Waals surface area contributed by atoms with Crippen molar-refractivity contribution in [1.82, 2.24) is 20.2 Å². The van der Waals surface area contributed by atoms with Crippen LogP contribution in [0.3, 0.4) is 0 Å². The van der Waals surface area contributed by atoms with Gasteiger partial charge in [0.05, 0.1) is 22.3 Å². The summed E-state index contributed by atoms with van der Waals surface area (Å²) in [5.74, 6) is -0.0449. The van der Waals surface area contributed by atoms with E-state index in [9.17, 15) is 18.0 Å². The molecule has 1 amide bonds. The second-order valence-corrected chi connectivity index (χ2v) is 7.16. The smallest absolute Gasteiger partial charge is 0.361 e. The van der Waals surface area contributed by atoms with Crippen molar-refractivity contribution in [3.8, 4) is 0 Å². The van der Waals surface area contributed by atoms with Crippen LogP contribution in [-0.2, 0) is 12.6 Å². The first-order valence-corrected chi connectivity index (χ1v) is 9.37. The maximum absolute atomic E-state index is 13.6. The van der Waals surface area contributed by atoms with Gasteiger partial charge in [-0.1, -0.05) is 17.2 Å². The molecule has 0 aromatic carbocycles. The second kappa shape index (κ2) is 7.16. The van der Waals surface area contributed by atoms with Crippen molar-refractivity contribution in [1.29, 1.82) is 0 Å². The zero-order valence-electron chi connectivity index (χ0n) is 15.9. The highest BCUT2D eigenvalue weighted by atomic mass is 19.4. The van der Waals surface area contributed by atoms with Crippen molar-refractivity contribution in [3.05, 3.63) is 40.5 Å². The molecule has 4 rings (SSSR count). The number of rotatable bonds is 3. The molecule has 1 aliphatic rings. The topological polar surface area (TPSA) is 85.3 Å². The van der Waals surface area contributed by atoms with Gasteiger partial charge in [-0.3, -0.25) is 4.79 Å². The van der Waals surface area contributed by atoms with E-state index >= 15 is 0 Å². The Hall–Kier alpha value is -2.91. The molecule has 0 aliphatic carbocycles. The van der Waals surface area contributed by atoms with E-state index in [4.69, 9.17) is 9.05 Å². The van der Waals surface area contributed by atoms with E-state index in [1.807, 2.05) is 6.92 Å². The van der Waals surface area contributed by atoms with Crippen LogP contribution in [0.1, 0.15) is 58.9 Å². The lowest BCUT2D eigenvalue weighted by Gasteiger charge is -2.32. The molecule has 4 heterocycles. The SMILES string of the molecule is CCc1cc(C(=O)N2CCC[C@H](c3cc(C(F)(F)F)c4c(C)noc4n3)C2)no1. The summed E-state index contributed by atoms with van der Waals surface area (Å²) in [6, 6.07) is 2.64. The third-order valence-electron chi connectivity index (χ3n) is 5.20. The summed E-state index contributed by atoms with van der Waals surface area (Å²) in [4.78, 5) is 18.6. The van der Waals surface area contributed by atoms with Gasteiger partial charge in [0.15, 0.2) is 5.69 Å². The Morgan fingerprint density at radius 1 is 1.28 bits per heavy atom. The fourth-order valence-corrected chi connectivity index (χ4v) is 3.69. The number of alkyl halides is 3. The molecule has 0 bridgehead atoms. The number of halogens is 3. The van der Waals surface area contributed by atoms with E-state index in [1.54, 1.807) is 11.0 Å². The number of carbonyl (C=O) groups excluding carboxylic acids is 1. The molecule has 0 unspecified atom stereocenters. The number of piperidine rings is 1. The third-order valence-corrected chi connectivity index (χ3v) is 5.20. The average Bonchev–Trinajstić information content (AvgIpc) is 3.33. The van der Waals surface area contributed by atoms with Crippen molar-refractivity contribution >= 4 is 17.0 Å². The summed E-state index contributed by atoms with van der Waals surface area (Å²) in [6.07, 6.45) is -2.69. The number of fused-ring (bicyclic) bond motifs is 1. The lowest BCUT2D eigenvalue weighted by Crippen LogP contribution is -2.39. The number of aryl methyl sites for hydroxylation is 2. The van der Waals surface area contributed by atoms with E-state index in [0.717, 1.165) is 6.07 Å². The third kappa shape index (κ3) is 3.58. The standard InChI is InChI=1S/C19H19F3N4O3/c1-3-12-7-15(25-28-12)18(27)26-6-4-5-11(9-26)14-8-13(19(20,21)22)16-10(2)24-29-17(16)23-14/h7-8,11H,3-6,9H2,1-2H3/t11-/m0/s1. The predicted octanol–water partition coefficient (Wildman–Crippen LogP) is 4.12. The van der Waals surface area contributed by atoms with Crippen molar-refractivity contribution in [2.75, 3.05) is 13.1 Å². The van der Waals surface area contributed by atoms with Crippen LogP contribution in [0, 0.1) is 6.92 Å². The summed E-state index contributed by atoms with van der Waals surface area (Å²) >= 11 is 0. The lowest BCUT2D eigenvalue weighted by atomic mass is 9.92. The molecular weight excluding hydrogens is 389 g/mol. The van der Waals surface area contributed by atoms with Gasteiger partial charge in [-0.2, -0.15) is 13.2 Å². The van der Waals surface area contributed by atoms with Crippen molar-refractivity contribution in [3.63, 3.8) is 0 Å². The molecule has 1 saturated heterocycles. The number of pyridine rings is 1. The average molecular weight is 408 g/mol. The molecular formula is C19H19F3N4O3. The Balaban J connectivity index is 1.64. The number of hydrogen-bond acceptors (Lipinski definition) is 6. The fourth-order valence-electron chi connectivity index (χ4n) is 3.69. The summed E-state index contributed by atoms with van der Waals surface area (Å²) < 4.78 is 50.9. The molecule has 3 aromatic heterocycles. The quantitative estimate of drug-likeness (QED) is 0.648. The Morgan fingerprint density at radius 3 is 2.76 bits per heavy atom. The molecule has 1 aliphatic heterocycles. The maximum Gasteiger partial charge on any atom is 0.417 e. The Kier molecular flexibility index (Phi) is 4.79. The molecule has 3 aromatic rings. The normalized spacial score (nSPS) is 17.8. The van der Waals surface area contributed by atoms with Crippen LogP contribution >= 0.6 is 0 Å². The number of aromatic nitrogens is 3. The van der Waals surface area contributed by atoms with E-state index in [1.165, 1.54) is 6.92 Å². The van der Waals surface area contributed by atoms with Crippen LogP contribution < -0.4 is 0 Å². The Bertz CT molecular complexity index is 1060. The van der Waals surface area contributed by atoms with Gasteiger partial charge in [-0.15, -0.1) is 0 Å². The van der Waals surface area contributed by atoms with Gasteiger partial charge in [0.1, 0.15) is 5.76 Å². The minimum atomic E-state index is -4.56. The number of hydrogen-bond donors (Lipinski definition) is 0. The van der Waals surface area contributed by atoms with Gasteiger partial charge < -0.3 is 13.9 Å². The van der Waals surface area contributed by atoms with Gasteiger partial charge >= 0.3 is 6.18 Å². The number of amides is 1. The summed E-state index contributed by atoms with van der Waals surface area (Å²) in [5, 5.41) is 7.30. The van der Waals surface area contributed by atoms with Crippen molar-refractivity contribution < 1.29 is 27.0 Å². The first-order valence-electron chi connectivity index (χ1n) is 9.37. The zero-order chi connectivity index (χ0) is 20.8. The molecule has 0 spiro atoms. The minimum Gasteiger partial charge on any atom is -0.361 e. The Labute approximate surface area is 163 Å². The van der Waals surface area contributed by atoms with Gasteiger partial charge in [0.25, 0.3) is 11.6 Å². The van der Waals surface area contributed by atoms with Crippen molar-refractivity contribution in [2.45, 2.75) is 45.2 Å². The molecule has 29 heavy (non-hydrogen) atoms. The minimum absolute atomic E-state index is 0.125. The van der Waals surface area contributed by atoms with E-state index in [0.29, 0.717) is 31.6 Å². The highest BCUT2D eigenvalue weighted by Crippen LogP contribution is 2.38. The molecule has 0 radical (unpaired) electrons. The lowest BCUT2D eigenvalue weighted by molar-refractivity contribution is -0.136. The molecule has 154 valence electrons. The highest BCUT2D eigenvalue weighted by molar-refractivity contribution is 5.92. The van der Waals surface area contributed by atoms with Crippen molar-refractivity contribution in [2.24, 2.45) is 0 Å². The Morgan fingerprint density at radius 2 is 2.07 bits per heavy atom. The van der Waals surface area contributed by atoms with Gasteiger partial charge in [0, 0.05) is 31.5 Å². The molecule has 0 saturated carbocycles. The van der Waals surface area contributed by atoms with Crippen LogP contribution in [0.2, 0.25) is 0 Å². The van der Waals surface area contributed by atoms with E-state index in [2.05, 4.69) is 15.3 Å². The molecule has 0 N–H and O–H groups in total. The van der Waals surface area contributed by atoms with Crippen LogP contribution in [0.25, 0.3) is 11.1 Å². The number of nitrogens with zero attached hydrogens (tertiary/aromatic N) is 4. The molecule has 1 fully saturated rings.